The average molecular weight is 381 g/mol. The lowest BCUT2D eigenvalue weighted by Crippen LogP contribution is -2.23. The van der Waals surface area contributed by atoms with Gasteiger partial charge in [-0.1, -0.05) is 49.2 Å². The molecule has 1 aliphatic rings. The standard InChI is InChI=1S/C19H19N5O2S/c25-24(26)17-18(23-14-8-2-1-3-9-14)21-12-22-19(17)27-15-10-4-6-13-7-5-11-20-16(13)15/h4-7,10-12,14H,1-3,8-9H2,(H,21,22,23). The number of benzene rings is 1. The molecule has 1 fully saturated rings. The summed E-state index contributed by atoms with van der Waals surface area (Å²) in [6, 6.07) is 9.86. The van der Waals surface area contributed by atoms with Crippen molar-refractivity contribution in [1.82, 2.24) is 15.0 Å². The highest BCUT2D eigenvalue weighted by atomic mass is 32.2. The van der Waals surface area contributed by atoms with Crippen LogP contribution in [-0.4, -0.2) is 25.9 Å². The molecule has 1 aliphatic carbocycles. The van der Waals surface area contributed by atoms with Crippen LogP contribution in [0.1, 0.15) is 32.1 Å². The van der Waals surface area contributed by atoms with Crippen LogP contribution in [0.5, 0.6) is 0 Å². The number of anilines is 1. The van der Waals surface area contributed by atoms with Gasteiger partial charge < -0.3 is 5.32 Å². The lowest BCUT2D eigenvalue weighted by Gasteiger charge is -2.23. The monoisotopic (exact) mass is 381 g/mol. The van der Waals surface area contributed by atoms with Gasteiger partial charge in [-0.15, -0.1) is 0 Å². The molecule has 0 bridgehead atoms. The van der Waals surface area contributed by atoms with E-state index in [1.165, 1.54) is 24.5 Å². The summed E-state index contributed by atoms with van der Waals surface area (Å²) < 4.78 is 0. The summed E-state index contributed by atoms with van der Waals surface area (Å²) >= 11 is 1.25. The first kappa shape index (κ1) is 17.7. The van der Waals surface area contributed by atoms with Crippen LogP contribution in [0.15, 0.2) is 52.8 Å². The van der Waals surface area contributed by atoms with Gasteiger partial charge in [0.05, 0.1) is 10.4 Å². The van der Waals surface area contributed by atoms with Gasteiger partial charge in [0.2, 0.25) is 5.82 Å². The maximum absolute atomic E-state index is 11.8. The van der Waals surface area contributed by atoms with Crippen LogP contribution in [-0.2, 0) is 0 Å². The number of rotatable bonds is 5. The molecular weight excluding hydrogens is 362 g/mol. The minimum Gasteiger partial charge on any atom is -0.361 e. The Morgan fingerprint density at radius 1 is 1.07 bits per heavy atom. The Bertz CT molecular complexity index is 970. The van der Waals surface area contributed by atoms with Gasteiger partial charge >= 0.3 is 5.69 Å². The average Bonchev–Trinajstić information content (AvgIpc) is 2.69. The lowest BCUT2D eigenvalue weighted by atomic mass is 9.95. The molecule has 1 N–H and O–H groups in total. The molecule has 0 spiro atoms. The topological polar surface area (TPSA) is 93.8 Å². The minimum atomic E-state index is -0.397. The molecule has 8 heteroatoms. The summed E-state index contributed by atoms with van der Waals surface area (Å²) in [5.74, 6) is 0.303. The van der Waals surface area contributed by atoms with Crippen molar-refractivity contribution < 1.29 is 4.92 Å². The van der Waals surface area contributed by atoms with E-state index < -0.39 is 4.92 Å². The Labute approximate surface area is 160 Å². The number of nitrogens with zero attached hydrogens (tertiary/aromatic N) is 4. The molecular formula is C19H19N5O2S. The Morgan fingerprint density at radius 2 is 1.89 bits per heavy atom. The van der Waals surface area contributed by atoms with E-state index in [1.807, 2.05) is 30.3 Å². The largest absolute Gasteiger partial charge is 0.361 e. The van der Waals surface area contributed by atoms with E-state index in [0.717, 1.165) is 41.5 Å². The van der Waals surface area contributed by atoms with Crippen LogP contribution in [0.2, 0.25) is 0 Å². The smallest absolute Gasteiger partial charge is 0.343 e. The van der Waals surface area contributed by atoms with Crippen LogP contribution in [0.3, 0.4) is 0 Å². The zero-order chi connectivity index (χ0) is 18.6. The summed E-state index contributed by atoms with van der Waals surface area (Å²) in [6.45, 7) is 0. The summed E-state index contributed by atoms with van der Waals surface area (Å²) in [4.78, 5) is 25.0. The molecule has 2 aromatic heterocycles. The van der Waals surface area contributed by atoms with E-state index in [4.69, 9.17) is 0 Å². The molecule has 7 nitrogen and oxygen atoms in total. The van der Waals surface area contributed by atoms with Gasteiger partial charge in [0, 0.05) is 22.5 Å². The summed E-state index contributed by atoms with van der Waals surface area (Å²) in [7, 11) is 0. The number of hydrogen-bond donors (Lipinski definition) is 1. The van der Waals surface area contributed by atoms with E-state index >= 15 is 0 Å². The van der Waals surface area contributed by atoms with Gasteiger partial charge in [0.1, 0.15) is 6.33 Å². The van der Waals surface area contributed by atoms with E-state index in [2.05, 4.69) is 20.3 Å². The zero-order valence-corrected chi connectivity index (χ0v) is 15.5. The van der Waals surface area contributed by atoms with Gasteiger partial charge in [0.15, 0.2) is 5.03 Å². The minimum absolute atomic E-state index is 0.0685. The third-order valence-electron chi connectivity index (χ3n) is 4.72. The lowest BCUT2D eigenvalue weighted by molar-refractivity contribution is -0.387. The van der Waals surface area contributed by atoms with Crippen molar-refractivity contribution in [1.29, 1.82) is 0 Å². The maximum Gasteiger partial charge on any atom is 0.343 e. The molecule has 0 atom stereocenters. The fourth-order valence-corrected chi connectivity index (χ4v) is 4.40. The summed E-state index contributed by atoms with van der Waals surface area (Å²) in [5, 5.41) is 16.4. The van der Waals surface area contributed by atoms with Crippen molar-refractivity contribution in [3.63, 3.8) is 0 Å². The van der Waals surface area contributed by atoms with Crippen molar-refractivity contribution in [2.24, 2.45) is 0 Å². The molecule has 0 amide bonds. The van der Waals surface area contributed by atoms with Gasteiger partial charge in [-0.3, -0.25) is 15.1 Å². The van der Waals surface area contributed by atoms with Crippen LogP contribution < -0.4 is 5.32 Å². The van der Waals surface area contributed by atoms with Crippen LogP contribution in [0.25, 0.3) is 10.9 Å². The van der Waals surface area contributed by atoms with Crippen LogP contribution >= 0.6 is 11.8 Å². The van der Waals surface area contributed by atoms with E-state index in [9.17, 15) is 10.1 Å². The quantitative estimate of drug-likeness (QED) is 0.384. The highest BCUT2D eigenvalue weighted by molar-refractivity contribution is 7.99. The van der Waals surface area contributed by atoms with Gasteiger partial charge in [-0.2, -0.15) is 0 Å². The van der Waals surface area contributed by atoms with Crippen molar-refractivity contribution in [2.75, 3.05) is 5.32 Å². The first-order valence-electron chi connectivity index (χ1n) is 9.00. The van der Waals surface area contributed by atoms with Crippen molar-refractivity contribution in [3.05, 3.63) is 53.0 Å². The normalized spacial score (nSPS) is 15.0. The number of nitro groups is 1. The second-order valence-corrected chi connectivity index (χ2v) is 7.58. The SMILES string of the molecule is O=[N+]([O-])c1c(NC2CCCCC2)ncnc1Sc1cccc2cccnc12. The number of para-hydroxylation sites is 1. The molecule has 138 valence electrons. The summed E-state index contributed by atoms with van der Waals surface area (Å²) in [5.41, 5.74) is 0.737. The molecule has 1 aromatic carbocycles. The van der Waals surface area contributed by atoms with Crippen molar-refractivity contribution in [2.45, 2.75) is 48.1 Å². The molecule has 0 saturated heterocycles. The molecule has 1 saturated carbocycles. The second kappa shape index (κ2) is 7.87. The van der Waals surface area contributed by atoms with Gasteiger partial charge in [-0.05, 0) is 25.0 Å². The van der Waals surface area contributed by atoms with Gasteiger partial charge in [0.25, 0.3) is 0 Å². The fourth-order valence-electron chi connectivity index (χ4n) is 3.41. The maximum atomic E-state index is 11.8. The van der Waals surface area contributed by atoms with Crippen LogP contribution in [0, 0.1) is 10.1 Å². The number of pyridine rings is 1. The highest BCUT2D eigenvalue weighted by Crippen LogP contribution is 2.39. The van der Waals surface area contributed by atoms with Gasteiger partial charge in [-0.25, -0.2) is 9.97 Å². The van der Waals surface area contributed by atoms with Crippen LogP contribution in [0.4, 0.5) is 11.5 Å². The molecule has 4 rings (SSSR count). The Hall–Kier alpha value is -2.74. The first-order chi connectivity index (χ1) is 13.2. The number of hydrogen-bond acceptors (Lipinski definition) is 7. The van der Waals surface area contributed by atoms with Crippen molar-refractivity contribution in [3.8, 4) is 0 Å². The Kier molecular flexibility index (Phi) is 5.15. The molecule has 0 radical (unpaired) electrons. The van der Waals surface area contributed by atoms with E-state index in [-0.39, 0.29) is 11.7 Å². The predicted octanol–water partition coefficient (Wildman–Crippen LogP) is 4.83. The Morgan fingerprint density at radius 3 is 2.70 bits per heavy atom. The molecule has 0 aliphatic heterocycles. The molecule has 2 heterocycles. The second-order valence-electron chi connectivity index (χ2n) is 6.55. The molecule has 3 aromatic rings. The Balaban J connectivity index is 1.69. The molecule has 27 heavy (non-hydrogen) atoms. The number of nitrogens with one attached hydrogen (secondary N) is 1. The number of fused-ring (bicyclic) bond motifs is 1. The van der Waals surface area contributed by atoms with Crippen molar-refractivity contribution >= 4 is 34.2 Å². The first-order valence-corrected chi connectivity index (χ1v) is 9.81. The zero-order valence-electron chi connectivity index (χ0n) is 14.7. The third-order valence-corrected chi connectivity index (χ3v) is 5.76. The van der Waals surface area contributed by atoms with E-state index in [0.29, 0.717) is 10.8 Å². The third kappa shape index (κ3) is 3.85. The number of aromatic nitrogens is 3. The van der Waals surface area contributed by atoms with E-state index in [1.54, 1.807) is 6.20 Å². The summed E-state index contributed by atoms with van der Waals surface area (Å²) in [6.07, 6.45) is 8.63. The predicted molar refractivity (Wildman–Crippen MR) is 105 cm³/mol. The molecule has 0 unspecified atom stereocenters. The fraction of sp³-hybridized carbons (Fsp3) is 0.316. The highest BCUT2D eigenvalue weighted by Gasteiger charge is 2.26.